The van der Waals surface area contributed by atoms with E-state index in [1.54, 1.807) is 13.1 Å². The quantitative estimate of drug-likeness (QED) is 0.280. The van der Waals surface area contributed by atoms with E-state index >= 15 is 4.39 Å². The minimum absolute atomic E-state index is 0.00637. The van der Waals surface area contributed by atoms with Crippen molar-refractivity contribution in [3.63, 3.8) is 0 Å². The molecule has 4 aromatic rings. The van der Waals surface area contributed by atoms with Crippen LogP contribution >= 0.6 is 11.6 Å². The summed E-state index contributed by atoms with van der Waals surface area (Å²) in [5, 5.41) is 23.0. The molecule has 0 spiro atoms. The van der Waals surface area contributed by atoms with Crippen molar-refractivity contribution in [2.45, 2.75) is 57.6 Å². The SMILES string of the molecule is COc1nc(-c2c(Cl)c(C)cc3[nH]ncc23)c(F)c2nc(OC[C@@]34CCCN[C@@H]3CCC4)nc(N3CCOC[C@@](C)(O)C3)c12. The Balaban J connectivity index is 1.42. The number of pyridine rings is 1. The van der Waals surface area contributed by atoms with E-state index in [2.05, 4.69) is 25.5 Å². The Hall–Kier alpha value is -3.32. The summed E-state index contributed by atoms with van der Waals surface area (Å²) in [6, 6.07) is 2.30. The summed E-state index contributed by atoms with van der Waals surface area (Å²) in [7, 11) is 1.47. The van der Waals surface area contributed by atoms with Crippen LogP contribution in [0.2, 0.25) is 5.02 Å². The van der Waals surface area contributed by atoms with Crippen molar-refractivity contribution in [1.82, 2.24) is 30.5 Å². The number of aromatic amines is 1. The van der Waals surface area contributed by atoms with Gasteiger partial charge in [-0.1, -0.05) is 18.0 Å². The van der Waals surface area contributed by atoms with Gasteiger partial charge >= 0.3 is 6.01 Å². The summed E-state index contributed by atoms with van der Waals surface area (Å²) < 4.78 is 34.8. The number of nitrogens with one attached hydrogen (secondary N) is 2. The first-order valence-electron chi connectivity index (χ1n) is 15.2. The van der Waals surface area contributed by atoms with E-state index in [0.717, 1.165) is 44.2 Å². The van der Waals surface area contributed by atoms with Crippen LogP contribution in [0.15, 0.2) is 12.3 Å². The van der Waals surface area contributed by atoms with Crippen LogP contribution in [0.4, 0.5) is 10.2 Å². The average Bonchev–Trinajstić information content (AvgIpc) is 3.61. The number of H-pyrrole nitrogens is 1. The Kier molecular flexibility index (Phi) is 7.51. The molecule has 3 fully saturated rings. The normalized spacial score (nSPS) is 25.8. The molecule has 0 unspecified atom stereocenters. The van der Waals surface area contributed by atoms with Gasteiger partial charge in [0.2, 0.25) is 5.88 Å². The lowest BCUT2D eigenvalue weighted by molar-refractivity contribution is -0.0123. The molecule has 2 saturated heterocycles. The molecule has 3 atom stereocenters. The van der Waals surface area contributed by atoms with E-state index in [-0.39, 0.29) is 47.1 Å². The molecule has 1 aromatic carbocycles. The number of fused-ring (bicyclic) bond motifs is 3. The Morgan fingerprint density at radius 2 is 2.09 bits per heavy atom. The number of ether oxygens (including phenoxy) is 3. The molecule has 7 rings (SSSR count). The number of halogens is 2. The highest BCUT2D eigenvalue weighted by molar-refractivity contribution is 6.35. The van der Waals surface area contributed by atoms with E-state index in [1.165, 1.54) is 7.11 Å². The number of aryl methyl sites for hydroxylation is 1. The molecular formula is C31H37ClFN7O4. The molecule has 3 aromatic heterocycles. The number of rotatable bonds is 6. The fraction of sp³-hybridized carbons (Fsp3) is 0.548. The topological polar surface area (TPSA) is 131 Å². The van der Waals surface area contributed by atoms with Crippen molar-refractivity contribution < 1.29 is 23.7 Å². The minimum atomic E-state index is -1.17. The van der Waals surface area contributed by atoms with Gasteiger partial charge in [-0.15, -0.1) is 0 Å². The third-order valence-electron chi connectivity index (χ3n) is 9.39. The van der Waals surface area contributed by atoms with Crippen molar-refractivity contribution in [2.24, 2.45) is 5.41 Å². The van der Waals surface area contributed by atoms with Gasteiger partial charge in [0.05, 0.1) is 50.2 Å². The minimum Gasteiger partial charge on any atom is -0.480 e. The number of nitrogens with zero attached hydrogens (tertiary/aromatic N) is 5. The monoisotopic (exact) mass is 625 g/mol. The molecule has 13 heteroatoms. The Morgan fingerprint density at radius 3 is 2.93 bits per heavy atom. The lowest BCUT2D eigenvalue weighted by atomic mass is 9.76. The molecule has 3 N–H and O–H groups in total. The Morgan fingerprint density at radius 1 is 1.25 bits per heavy atom. The van der Waals surface area contributed by atoms with Gasteiger partial charge in [0.25, 0.3) is 0 Å². The molecule has 0 radical (unpaired) electrons. The second-order valence-corrected chi connectivity index (χ2v) is 13.1. The molecule has 0 amide bonds. The molecule has 11 nitrogen and oxygen atoms in total. The van der Waals surface area contributed by atoms with E-state index in [9.17, 15) is 5.11 Å². The Labute approximate surface area is 259 Å². The summed E-state index contributed by atoms with van der Waals surface area (Å²) in [6.07, 6.45) is 7.03. The Bertz CT molecular complexity index is 1730. The van der Waals surface area contributed by atoms with Crippen molar-refractivity contribution >= 4 is 39.2 Å². The van der Waals surface area contributed by atoms with E-state index in [4.69, 9.17) is 30.8 Å². The second-order valence-electron chi connectivity index (χ2n) is 12.7. The maximum Gasteiger partial charge on any atom is 0.319 e. The third kappa shape index (κ3) is 5.01. The van der Waals surface area contributed by atoms with Gasteiger partial charge in [-0.3, -0.25) is 5.10 Å². The first-order valence-corrected chi connectivity index (χ1v) is 15.6. The average molecular weight is 626 g/mol. The van der Waals surface area contributed by atoms with Crippen LogP contribution in [-0.2, 0) is 4.74 Å². The van der Waals surface area contributed by atoms with Gasteiger partial charge in [0.1, 0.15) is 28.0 Å². The second kappa shape index (κ2) is 11.2. The molecule has 2 aliphatic heterocycles. The number of hydrogen-bond acceptors (Lipinski definition) is 10. The van der Waals surface area contributed by atoms with Gasteiger partial charge < -0.3 is 29.5 Å². The maximum atomic E-state index is 16.9. The van der Waals surface area contributed by atoms with Crippen molar-refractivity contribution in [3.05, 3.63) is 28.7 Å². The van der Waals surface area contributed by atoms with Gasteiger partial charge in [-0.2, -0.15) is 15.1 Å². The fourth-order valence-electron chi connectivity index (χ4n) is 7.25. The zero-order chi connectivity index (χ0) is 30.6. The maximum absolute atomic E-state index is 16.9. The van der Waals surface area contributed by atoms with Crippen LogP contribution in [0.5, 0.6) is 11.9 Å². The standard InChI is InChI=1S/C31H37ClFN7O4/c1-17-12-19-18(13-35-39-19)21(23(17)32)25-24(33)26-22(28(36-25)42-3)27(40-10-11-43-15-30(2,41)14-40)38-29(37-26)44-16-31-7-4-6-20(31)34-9-5-8-31/h12-13,20,34,41H,4-11,14-16H2,1-3H3,(H,35,39)/t20-,30+,31-/m1/s1. The summed E-state index contributed by atoms with van der Waals surface area (Å²) in [6.45, 7) is 6.08. The molecule has 1 saturated carbocycles. The molecule has 5 heterocycles. The number of piperidine rings is 1. The van der Waals surface area contributed by atoms with Gasteiger partial charge in [0, 0.05) is 29.0 Å². The predicted molar refractivity (Wildman–Crippen MR) is 165 cm³/mol. The predicted octanol–water partition coefficient (Wildman–Crippen LogP) is 4.57. The van der Waals surface area contributed by atoms with Crippen LogP contribution < -0.4 is 19.7 Å². The number of methoxy groups -OCH3 is 1. The van der Waals surface area contributed by atoms with Gasteiger partial charge in [-0.25, -0.2) is 9.37 Å². The molecule has 1 aliphatic carbocycles. The summed E-state index contributed by atoms with van der Waals surface area (Å²) >= 11 is 6.80. The lowest BCUT2D eigenvalue weighted by Gasteiger charge is -2.39. The van der Waals surface area contributed by atoms with Crippen LogP contribution in [-0.4, -0.2) is 88.5 Å². The third-order valence-corrected chi connectivity index (χ3v) is 9.88. The summed E-state index contributed by atoms with van der Waals surface area (Å²) in [5.41, 5.74) is 0.633. The molecule has 234 valence electrons. The largest absolute Gasteiger partial charge is 0.480 e. The fourth-order valence-corrected chi connectivity index (χ4v) is 7.50. The highest BCUT2D eigenvalue weighted by Gasteiger charge is 2.45. The number of anilines is 1. The van der Waals surface area contributed by atoms with Crippen LogP contribution in [0.1, 0.15) is 44.6 Å². The lowest BCUT2D eigenvalue weighted by Crippen LogP contribution is -2.49. The van der Waals surface area contributed by atoms with E-state index < -0.39 is 11.4 Å². The van der Waals surface area contributed by atoms with Gasteiger partial charge in [-0.05, 0) is 57.7 Å². The van der Waals surface area contributed by atoms with E-state index in [1.807, 2.05) is 17.9 Å². The summed E-state index contributed by atoms with van der Waals surface area (Å²) in [5.74, 6) is -0.196. The zero-order valence-corrected chi connectivity index (χ0v) is 25.9. The number of hydrogen-bond donors (Lipinski definition) is 3. The first-order chi connectivity index (χ1) is 21.2. The smallest absolute Gasteiger partial charge is 0.319 e. The molecule has 0 bridgehead atoms. The number of β-amino-alcohol motifs (C(OH)–C–C–N with tert-alkyl or cyclic N) is 1. The number of aromatic nitrogens is 5. The number of aliphatic hydroxyl groups is 1. The molecule has 3 aliphatic rings. The highest BCUT2D eigenvalue weighted by atomic mass is 35.5. The van der Waals surface area contributed by atoms with Crippen LogP contribution in [0.25, 0.3) is 33.1 Å². The summed E-state index contributed by atoms with van der Waals surface area (Å²) in [4.78, 5) is 16.0. The van der Waals surface area contributed by atoms with E-state index in [0.29, 0.717) is 53.1 Å². The van der Waals surface area contributed by atoms with Crippen molar-refractivity contribution in [1.29, 1.82) is 0 Å². The molecular weight excluding hydrogens is 589 g/mol. The highest BCUT2D eigenvalue weighted by Crippen LogP contribution is 2.46. The van der Waals surface area contributed by atoms with Crippen molar-refractivity contribution in [3.8, 4) is 23.1 Å². The van der Waals surface area contributed by atoms with Crippen LogP contribution in [0, 0.1) is 18.2 Å². The van der Waals surface area contributed by atoms with Crippen molar-refractivity contribution in [2.75, 3.05) is 51.5 Å². The zero-order valence-electron chi connectivity index (χ0n) is 25.2. The van der Waals surface area contributed by atoms with Gasteiger partial charge in [0.15, 0.2) is 5.82 Å². The number of benzene rings is 1. The van der Waals surface area contributed by atoms with Crippen LogP contribution in [0.3, 0.4) is 0 Å². The first kappa shape index (κ1) is 29.4. The molecule has 44 heavy (non-hydrogen) atoms.